The second kappa shape index (κ2) is 5.98. The minimum absolute atomic E-state index is 0.119. The molecule has 2 bridgehead atoms. The van der Waals surface area contributed by atoms with Crippen LogP contribution in [0.5, 0.6) is 0 Å². The number of likely N-dealkylation sites (tertiary alicyclic amines) is 1. The van der Waals surface area contributed by atoms with E-state index in [4.69, 9.17) is 0 Å². The molecule has 0 aromatic carbocycles. The Balaban J connectivity index is 1.75. The molecule has 4 aliphatic rings. The van der Waals surface area contributed by atoms with Crippen molar-refractivity contribution in [1.82, 2.24) is 15.1 Å². The van der Waals surface area contributed by atoms with Crippen LogP contribution in [-0.4, -0.2) is 46.9 Å². The van der Waals surface area contributed by atoms with Gasteiger partial charge < -0.3 is 10.2 Å². The Morgan fingerprint density at radius 2 is 1.65 bits per heavy atom. The lowest BCUT2D eigenvalue weighted by molar-refractivity contribution is -0.142. The van der Waals surface area contributed by atoms with Crippen LogP contribution in [0.3, 0.4) is 0 Å². The number of fused-ring (bicyclic) bond motifs is 1. The number of urea groups is 1. The molecule has 126 valence electrons. The maximum Gasteiger partial charge on any atom is 0.318 e. The van der Waals surface area contributed by atoms with Crippen molar-refractivity contribution >= 4 is 17.8 Å². The van der Waals surface area contributed by atoms with Crippen LogP contribution in [0.1, 0.15) is 33.6 Å². The van der Waals surface area contributed by atoms with E-state index in [0.29, 0.717) is 13.1 Å². The van der Waals surface area contributed by atoms with Crippen LogP contribution in [0.15, 0.2) is 12.2 Å². The summed E-state index contributed by atoms with van der Waals surface area (Å²) in [5.74, 6) is -0.329. The van der Waals surface area contributed by atoms with Crippen LogP contribution in [-0.2, 0) is 9.59 Å². The molecule has 3 aliphatic carbocycles. The number of carbonyl (C=O) groups excluding carboxylic acids is 3. The molecular formula is C17H25N3O3. The van der Waals surface area contributed by atoms with Crippen LogP contribution < -0.4 is 5.32 Å². The molecule has 1 aliphatic heterocycles. The second-order valence-corrected chi connectivity index (χ2v) is 6.69. The lowest BCUT2D eigenvalue weighted by Crippen LogP contribution is -2.53. The Bertz CT molecular complexity index is 523. The van der Waals surface area contributed by atoms with Crippen LogP contribution in [0.2, 0.25) is 0 Å². The van der Waals surface area contributed by atoms with Crippen molar-refractivity contribution in [3.8, 4) is 0 Å². The maximum atomic E-state index is 12.8. The van der Waals surface area contributed by atoms with Gasteiger partial charge in [-0.05, 0) is 45.4 Å². The third kappa shape index (κ3) is 2.44. The molecule has 1 saturated carbocycles. The predicted molar refractivity (Wildman–Crippen MR) is 85.1 cm³/mol. The van der Waals surface area contributed by atoms with Gasteiger partial charge in [-0.3, -0.25) is 14.5 Å². The lowest BCUT2D eigenvalue weighted by atomic mass is 9.63. The standard InChI is InChI=1S/C17H25N3O3/c1-4-19(5-2)17(23)18-10(3)20-15(21)13-11-6-7-12(9-8-11)14(13)16(20)22/h6-7,10-14H,4-5,8-9H2,1-3H3,(H,18,23)/t10-,11-,12-,13-,14+/m0/s1. The topological polar surface area (TPSA) is 69.7 Å². The van der Waals surface area contributed by atoms with E-state index in [1.54, 1.807) is 11.8 Å². The number of carbonyl (C=O) groups is 3. The van der Waals surface area contributed by atoms with Gasteiger partial charge in [0.15, 0.2) is 0 Å². The van der Waals surface area contributed by atoms with E-state index in [2.05, 4.69) is 17.5 Å². The molecular weight excluding hydrogens is 294 g/mol. The summed E-state index contributed by atoms with van der Waals surface area (Å²) in [7, 11) is 0. The Kier molecular flexibility index (Phi) is 4.17. The molecule has 1 N–H and O–H groups in total. The van der Waals surface area contributed by atoms with Gasteiger partial charge >= 0.3 is 6.03 Å². The number of imide groups is 1. The Labute approximate surface area is 136 Å². The first-order valence-corrected chi connectivity index (χ1v) is 8.60. The molecule has 0 spiro atoms. The van der Waals surface area contributed by atoms with Gasteiger partial charge in [0.1, 0.15) is 6.17 Å². The maximum absolute atomic E-state index is 12.8. The summed E-state index contributed by atoms with van der Waals surface area (Å²) in [4.78, 5) is 40.7. The van der Waals surface area contributed by atoms with Gasteiger partial charge in [-0.15, -0.1) is 0 Å². The van der Waals surface area contributed by atoms with Crippen LogP contribution in [0.25, 0.3) is 0 Å². The van der Waals surface area contributed by atoms with E-state index >= 15 is 0 Å². The van der Waals surface area contributed by atoms with Crippen molar-refractivity contribution in [3.05, 3.63) is 12.2 Å². The van der Waals surface area contributed by atoms with Gasteiger partial charge in [0.2, 0.25) is 11.8 Å². The third-order valence-electron chi connectivity index (χ3n) is 5.56. The minimum atomic E-state index is -0.604. The summed E-state index contributed by atoms with van der Waals surface area (Å²) in [6, 6.07) is -0.237. The molecule has 0 aromatic heterocycles. The zero-order valence-corrected chi connectivity index (χ0v) is 14.0. The molecule has 6 heteroatoms. The largest absolute Gasteiger partial charge is 0.325 e. The summed E-state index contributed by atoms with van der Waals surface area (Å²) in [6.45, 7) is 6.70. The molecule has 0 aromatic rings. The van der Waals surface area contributed by atoms with Gasteiger partial charge in [-0.2, -0.15) is 0 Å². The molecule has 23 heavy (non-hydrogen) atoms. The molecule has 4 amide bonds. The zero-order valence-electron chi connectivity index (χ0n) is 14.0. The average molecular weight is 319 g/mol. The minimum Gasteiger partial charge on any atom is -0.325 e. The van der Waals surface area contributed by atoms with Crippen LogP contribution >= 0.6 is 0 Å². The number of rotatable bonds is 4. The van der Waals surface area contributed by atoms with Crippen molar-refractivity contribution in [2.75, 3.05) is 13.1 Å². The highest BCUT2D eigenvalue weighted by Crippen LogP contribution is 2.49. The van der Waals surface area contributed by atoms with E-state index in [0.717, 1.165) is 12.8 Å². The van der Waals surface area contributed by atoms with Gasteiger partial charge in [-0.1, -0.05) is 12.2 Å². The van der Waals surface area contributed by atoms with E-state index in [1.165, 1.54) is 4.90 Å². The summed E-state index contributed by atoms with van der Waals surface area (Å²) >= 11 is 0. The molecule has 4 rings (SSSR count). The Morgan fingerprint density at radius 1 is 1.17 bits per heavy atom. The second-order valence-electron chi connectivity index (χ2n) is 6.69. The molecule has 0 radical (unpaired) electrons. The van der Waals surface area contributed by atoms with Gasteiger partial charge in [0.25, 0.3) is 0 Å². The monoisotopic (exact) mass is 319 g/mol. The number of amides is 4. The summed E-state index contributed by atoms with van der Waals surface area (Å²) < 4.78 is 0. The SMILES string of the molecule is CCN(CC)C(=O)N[C@H](C)N1C(=O)[C@@H]2[C@H](C1=O)[C@H]1C=C[C@H]2CC1. The lowest BCUT2D eigenvalue weighted by Gasteiger charge is -2.38. The molecule has 2 fully saturated rings. The van der Waals surface area contributed by atoms with Crippen molar-refractivity contribution in [2.24, 2.45) is 23.7 Å². The van der Waals surface area contributed by atoms with Gasteiger partial charge in [0, 0.05) is 13.1 Å². The molecule has 0 unspecified atom stereocenters. The third-order valence-corrected chi connectivity index (χ3v) is 5.56. The molecule has 1 heterocycles. The first-order chi connectivity index (χ1) is 11.0. The van der Waals surface area contributed by atoms with Crippen molar-refractivity contribution in [1.29, 1.82) is 0 Å². The highest BCUT2D eigenvalue weighted by Gasteiger charge is 2.57. The quantitative estimate of drug-likeness (QED) is 0.632. The number of hydrogen-bond acceptors (Lipinski definition) is 3. The van der Waals surface area contributed by atoms with Crippen LogP contribution in [0, 0.1) is 23.7 Å². The molecule has 5 atom stereocenters. The highest BCUT2D eigenvalue weighted by molar-refractivity contribution is 6.06. The summed E-state index contributed by atoms with van der Waals surface area (Å²) in [5.41, 5.74) is 0. The summed E-state index contributed by atoms with van der Waals surface area (Å²) in [5, 5.41) is 2.80. The average Bonchev–Trinajstić information content (AvgIpc) is 2.83. The van der Waals surface area contributed by atoms with Crippen molar-refractivity contribution < 1.29 is 14.4 Å². The predicted octanol–water partition coefficient (Wildman–Crippen LogP) is 1.58. The zero-order chi connectivity index (χ0) is 16.7. The highest BCUT2D eigenvalue weighted by atomic mass is 16.2. The Hall–Kier alpha value is -1.85. The van der Waals surface area contributed by atoms with E-state index in [9.17, 15) is 14.4 Å². The van der Waals surface area contributed by atoms with Gasteiger partial charge in [0.05, 0.1) is 11.8 Å². The fourth-order valence-corrected chi connectivity index (χ4v) is 4.32. The Morgan fingerprint density at radius 3 is 2.04 bits per heavy atom. The first-order valence-electron chi connectivity index (χ1n) is 8.60. The number of nitrogens with one attached hydrogen (secondary N) is 1. The normalized spacial score (nSPS) is 32.9. The number of hydrogen-bond donors (Lipinski definition) is 1. The van der Waals surface area contributed by atoms with Crippen LogP contribution in [0.4, 0.5) is 4.79 Å². The molecule has 1 saturated heterocycles. The number of nitrogens with zero attached hydrogens (tertiary/aromatic N) is 2. The van der Waals surface area contributed by atoms with Crippen molar-refractivity contribution in [3.63, 3.8) is 0 Å². The number of allylic oxidation sites excluding steroid dienone is 2. The van der Waals surface area contributed by atoms with E-state index in [-0.39, 0.29) is 41.5 Å². The first kappa shape index (κ1) is 16.0. The van der Waals surface area contributed by atoms with E-state index in [1.807, 2.05) is 13.8 Å². The van der Waals surface area contributed by atoms with Gasteiger partial charge in [-0.25, -0.2) is 4.79 Å². The van der Waals surface area contributed by atoms with Crippen molar-refractivity contribution in [2.45, 2.75) is 39.8 Å². The fourth-order valence-electron chi connectivity index (χ4n) is 4.32. The smallest absolute Gasteiger partial charge is 0.318 e. The van der Waals surface area contributed by atoms with E-state index < -0.39 is 6.17 Å². The fraction of sp³-hybridized carbons (Fsp3) is 0.706. The summed E-state index contributed by atoms with van der Waals surface area (Å²) in [6.07, 6.45) is 5.56. The molecule has 6 nitrogen and oxygen atoms in total.